The van der Waals surface area contributed by atoms with Crippen molar-refractivity contribution in [2.75, 3.05) is 32.7 Å². The number of rotatable bonds is 5. The molecule has 3 aromatic rings. The monoisotopic (exact) mass is 548 g/mol. The molecule has 0 saturated carbocycles. The number of carbonyl (C=O) groups excluding carboxylic acids is 1. The van der Waals surface area contributed by atoms with E-state index in [1.165, 1.54) is 0 Å². The Morgan fingerprint density at radius 1 is 1.21 bits per heavy atom. The van der Waals surface area contributed by atoms with Gasteiger partial charge in [-0.05, 0) is 44.3 Å². The number of benzene rings is 1. The maximum absolute atomic E-state index is 14.0. The Morgan fingerprint density at radius 2 is 2.08 bits per heavy atom. The molecule has 3 aliphatic rings. The third-order valence-electron chi connectivity index (χ3n) is 8.25. The van der Waals surface area contributed by atoms with Gasteiger partial charge in [0.05, 0.1) is 29.8 Å². The topological polar surface area (TPSA) is 87.0 Å². The van der Waals surface area contributed by atoms with Crippen molar-refractivity contribution >= 4 is 24.6 Å². The van der Waals surface area contributed by atoms with Crippen LogP contribution in [0.2, 0.25) is 11.8 Å². The van der Waals surface area contributed by atoms with Crippen molar-refractivity contribution in [1.29, 1.82) is 0 Å². The Labute approximate surface area is 234 Å². The lowest BCUT2D eigenvalue weighted by molar-refractivity contribution is -0.137. The van der Waals surface area contributed by atoms with E-state index in [4.69, 9.17) is 21.3 Å². The summed E-state index contributed by atoms with van der Waals surface area (Å²) in [4.78, 5) is 29.4. The van der Waals surface area contributed by atoms with E-state index in [1.54, 1.807) is 6.82 Å². The van der Waals surface area contributed by atoms with Gasteiger partial charge in [-0.2, -0.15) is 0 Å². The second-order valence-electron chi connectivity index (χ2n) is 11.0. The van der Waals surface area contributed by atoms with E-state index in [0.717, 1.165) is 47.8 Å². The summed E-state index contributed by atoms with van der Waals surface area (Å²) < 4.78 is 8.28. The molecule has 2 aromatic heterocycles. The van der Waals surface area contributed by atoms with Crippen LogP contribution in [0.3, 0.4) is 0 Å². The fourth-order valence-corrected chi connectivity index (χ4v) is 6.49. The zero-order chi connectivity index (χ0) is 27.1. The second-order valence-corrected chi connectivity index (χ2v) is 11.4. The fourth-order valence-electron chi connectivity index (χ4n) is 6.33. The molecule has 3 atom stereocenters. The molecular formula is C28H34BClN6O3. The molecule has 0 spiro atoms. The van der Waals surface area contributed by atoms with Gasteiger partial charge >= 0.3 is 7.05 Å². The number of pyridine rings is 1. The van der Waals surface area contributed by atoms with Crippen LogP contribution < -0.4 is 4.74 Å². The number of halogens is 1. The number of hydrogen-bond acceptors (Lipinski definition) is 7. The minimum absolute atomic E-state index is 0.0763. The van der Waals surface area contributed by atoms with Gasteiger partial charge < -0.3 is 24.0 Å². The molecule has 0 radical (unpaired) electrons. The van der Waals surface area contributed by atoms with Crippen molar-refractivity contribution in [3.8, 4) is 5.75 Å². The molecule has 9 nitrogen and oxygen atoms in total. The smallest absolute Gasteiger partial charge is 0.377 e. The van der Waals surface area contributed by atoms with Gasteiger partial charge in [0.1, 0.15) is 12.4 Å². The summed E-state index contributed by atoms with van der Waals surface area (Å²) in [6, 6.07) is 9.08. The molecule has 1 amide bonds. The molecule has 1 aromatic carbocycles. The Hall–Kier alpha value is -2.92. The van der Waals surface area contributed by atoms with E-state index in [-0.39, 0.29) is 11.9 Å². The van der Waals surface area contributed by atoms with Gasteiger partial charge in [0.15, 0.2) is 0 Å². The standard InChI is InChI=1S/C28H34BClN6O3/c1-19-13-33(18-32-19)14-20-7-9-35(15-20)28(37)24-16-34(10-11-36(24)29(2)38)27-23-6-5-22(30)12-25(23)39-17-21-4-3-8-31-26(21)27/h3-6,8,12-13,18,20,24,27,38H,7,9-11,14-17H2,1-2H3/t20-,24?,27-/m0/s1. The molecular weight excluding hydrogens is 515 g/mol. The van der Waals surface area contributed by atoms with Crippen LogP contribution in [-0.4, -0.2) is 85.9 Å². The largest absolute Gasteiger partial charge is 0.488 e. The normalized spacial score (nSPS) is 23.6. The van der Waals surface area contributed by atoms with Gasteiger partial charge in [0.2, 0.25) is 5.91 Å². The number of hydrogen-bond donors (Lipinski definition) is 1. The quantitative estimate of drug-likeness (QED) is 0.491. The van der Waals surface area contributed by atoms with Crippen molar-refractivity contribution in [2.45, 2.75) is 45.4 Å². The van der Waals surface area contributed by atoms with Crippen LogP contribution in [0.15, 0.2) is 49.1 Å². The first kappa shape index (κ1) is 26.3. The number of piperazine rings is 1. The van der Waals surface area contributed by atoms with E-state index in [1.807, 2.05) is 65.7 Å². The van der Waals surface area contributed by atoms with Crippen molar-refractivity contribution in [3.05, 3.63) is 76.6 Å². The van der Waals surface area contributed by atoms with Gasteiger partial charge in [-0.15, -0.1) is 0 Å². The Bertz CT molecular complexity index is 1350. The highest BCUT2D eigenvalue weighted by Gasteiger charge is 2.43. The molecule has 5 heterocycles. The molecule has 1 N–H and O–H groups in total. The Morgan fingerprint density at radius 3 is 2.87 bits per heavy atom. The maximum Gasteiger partial charge on any atom is 0.377 e. The molecule has 1 unspecified atom stereocenters. The zero-order valence-corrected chi connectivity index (χ0v) is 23.2. The molecule has 39 heavy (non-hydrogen) atoms. The lowest BCUT2D eigenvalue weighted by Gasteiger charge is -2.45. The Kier molecular flexibility index (Phi) is 7.37. The lowest BCUT2D eigenvalue weighted by atomic mass is 9.81. The number of ether oxygens (including phenoxy) is 1. The van der Waals surface area contributed by atoms with Crippen LogP contribution >= 0.6 is 11.6 Å². The third kappa shape index (κ3) is 5.30. The van der Waals surface area contributed by atoms with Crippen LogP contribution in [0.1, 0.15) is 35.0 Å². The molecule has 11 heteroatoms. The van der Waals surface area contributed by atoms with Crippen LogP contribution in [0, 0.1) is 12.8 Å². The number of fused-ring (bicyclic) bond motifs is 2. The van der Waals surface area contributed by atoms with Gasteiger partial charge in [0.25, 0.3) is 0 Å². The predicted octanol–water partition coefficient (Wildman–Crippen LogP) is 2.87. The summed E-state index contributed by atoms with van der Waals surface area (Å²) in [7, 11) is -0.720. The van der Waals surface area contributed by atoms with Crippen molar-refractivity contribution in [3.63, 3.8) is 0 Å². The minimum Gasteiger partial charge on any atom is -0.488 e. The van der Waals surface area contributed by atoms with Gasteiger partial charge in [-0.25, -0.2) is 4.98 Å². The van der Waals surface area contributed by atoms with Crippen LogP contribution in [0.4, 0.5) is 0 Å². The number of aromatic nitrogens is 3. The number of carbonyl (C=O) groups is 1. The third-order valence-corrected chi connectivity index (χ3v) is 8.49. The van der Waals surface area contributed by atoms with Gasteiger partial charge in [-0.1, -0.05) is 23.7 Å². The number of likely N-dealkylation sites (tertiary alicyclic amines) is 1. The average Bonchev–Trinajstić information content (AvgIpc) is 3.53. The van der Waals surface area contributed by atoms with E-state index in [2.05, 4.69) is 14.5 Å². The number of amides is 1. The van der Waals surface area contributed by atoms with Gasteiger partial charge in [-0.3, -0.25) is 14.7 Å². The molecule has 0 bridgehead atoms. The molecule has 2 saturated heterocycles. The van der Waals surface area contributed by atoms with E-state index < -0.39 is 13.1 Å². The highest BCUT2D eigenvalue weighted by Crippen LogP contribution is 2.40. The van der Waals surface area contributed by atoms with E-state index >= 15 is 0 Å². The summed E-state index contributed by atoms with van der Waals surface area (Å²) >= 11 is 6.33. The predicted molar refractivity (Wildman–Crippen MR) is 149 cm³/mol. The minimum atomic E-state index is -0.720. The van der Waals surface area contributed by atoms with Crippen LogP contribution in [0.5, 0.6) is 5.75 Å². The number of imidazole rings is 1. The molecule has 204 valence electrons. The first-order valence-corrected chi connectivity index (χ1v) is 14.1. The molecule has 3 aliphatic heterocycles. The van der Waals surface area contributed by atoms with Crippen molar-refractivity contribution in [2.24, 2.45) is 5.92 Å². The molecule has 0 aliphatic carbocycles. The SMILES string of the molecule is CB(O)N1CCN([C@H]2c3ccc(Cl)cc3OCc3cccnc32)CC1C(=O)N1CC[C@@H](Cn2cnc(C)c2)C1. The maximum atomic E-state index is 14.0. The highest BCUT2D eigenvalue weighted by atomic mass is 35.5. The van der Waals surface area contributed by atoms with Gasteiger partial charge in [0, 0.05) is 67.8 Å². The first-order chi connectivity index (χ1) is 18.9. The first-order valence-electron chi connectivity index (χ1n) is 13.7. The summed E-state index contributed by atoms with van der Waals surface area (Å²) in [5.41, 5.74) is 3.95. The average molecular weight is 549 g/mol. The summed E-state index contributed by atoms with van der Waals surface area (Å²) in [6.07, 6.45) is 6.68. The zero-order valence-electron chi connectivity index (χ0n) is 22.4. The van der Waals surface area contributed by atoms with Crippen molar-refractivity contribution < 1.29 is 14.6 Å². The summed E-state index contributed by atoms with van der Waals surface area (Å²) in [5, 5.41) is 11.3. The van der Waals surface area contributed by atoms with Crippen LogP contribution in [-0.2, 0) is 17.9 Å². The second kappa shape index (κ2) is 10.9. The number of nitrogens with zero attached hydrogens (tertiary/aromatic N) is 6. The van der Waals surface area contributed by atoms with Crippen LogP contribution in [0.25, 0.3) is 0 Å². The summed E-state index contributed by atoms with van der Waals surface area (Å²) in [5.74, 6) is 1.20. The number of aryl methyl sites for hydroxylation is 1. The van der Waals surface area contributed by atoms with E-state index in [9.17, 15) is 9.82 Å². The molecule has 6 rings (SSSR count). The molecule has 2 fully saturated rings. The van der Waals surface area contributed by atoms with E-state index in [0.29, 0.717) is 43.7 Å². The lowest BCUT2D eigenvalue weighted by Crippen LogP contribution is -2.63. The summed E-state index contributed by atoms with van der Waals surface area (Å²) in [6.45, 7) is 8.17. The highest BCUT2D eigenvalue weighted by molar-refractivity contribution is 6.45. The van der Waals surface area contributed by atoms with Crippen molar-refractivity contribution in [1.82, 2.24) is 29.1 Å². The Balaban J connectivity index is 1.26. The fraction of sp³-hybridized carbons (Fsp3) is 0.464.